The summed E-state index contributed by atoms with van der Waals surface area (Å²) in [5, 5.41) is 12.4. The van der Waals surface area contributed by atoms with E-state index in [0.717, 1.165) is 24.2 Å². The van der Waals surface area contributed by atoms with Gasteiger partial charge in [0.25, 0.3) is 5.91 Å². The van der Waals surface area contributed by atoms with Gasteiger partial charge in [0, 0.05) is 24.8 Å². The van der Waals surface area contributed by atoms with Crippen LogP contribution >= 0.6 is 0 Å². The zero-order chi connectivity index (χ0) is 14.4. The Morgan fingerprint density at radius 1 is 1.47 bits per heavy atom. The number of aryl methyl sites for hydroxylation is 1. The third-order valence-electron chi connectivity index (χ3n) is 3.28. The highest BCUT2D eigenvalue weighted by molar-refractivity contribution is 5.96. The highest BCUT2D eigenvalue weighted by atomic mass is 16.3. The first kappa shape index (κ1) is 15.5. The third kappa shape index (κ3) is 3.96. The van der Waals surface area contributed by atoms with E-state index in [1.807, 2.05) is 32.0 Å². The maximum atomic E-state index is 12.3. The average Bonchev–Trinajstić information content (AvgIpc) is 2.42. The second-order valence-corrected chi connectivity index (χ2v) is 4.90. The lowest BCUT2D eigenvalue weighted by Gasteiger charge is -2.24. The van der Waals surface area contributed by atoms with Crippen molar-refractivity contribution in [3.05, 3.63) is 29.3 Å². The summed E-state index contributed by atoms with van der Waals surface area (Å²) in [7, 11) is 1.71. The van der Waals surface area contributed by atoms with Crippen LogP contribution in [0.2, 0.25) is 0 Å². The number of nitrogens with zero attached hydrogens (tertiary/aromatic N) is 1. The fourth-order valence-electron chi connectivity index (χ4n) is 1.80. The molecular formula is C15H24N2O2. The molecule has 1 unspecified atom stereocenters. The second-order valence-electron chi connectivity index (χ2n) is 4.90. The van der Waals surface area contributed by atoms with Gasteiger partial charge in [0.1, 0.15) is 0 Å². The van der Waals surface area contributed by atoms with Crippen molar-refractivity contribution in [1.82, 2.24) is 4.90 Å². The lowest BCUT2D eigenvalue weighted by atomic mass is 10.1. The van der Waals surface area contributed by atoms with Crippen molar-refractivity contribution in [2.45, 2.75) is 33.2 Å². The zero-order valence-electron chi connectivity index (χ0n) is 12.2. The first-order valence-electron chi connectivity index (χ1n) is 6.73. The van der Waals surface area contributed by atoms with Crippen LogP contribution in [0.15, 0.2) is 18.2 Å². The molecular weight excluding hydrogens is 240 g/mol. The summed E-state index contributed by atoms with van der Waals surface area (Å²) in [5.74, 6) is -0.0545. The van der Waals surface area contributed by atoms with Gasteiger partial charge in [0.2, 0.25) is 0 Å². The molecule has 1 aromatic carbocycles. The second kappa shape index (κ2) is 7.14. The number of amides is 1. The Morgan fingerprint density at radius 3 is 2.68 bits per heavy atom. The molecule has 1 atom stereocenters. The molecule has 2 N–H and O–H groups in total. The van der Waals surface area contributed by atoms with E-state index in [1.165, 1.54) is 0 Å². The van der Waals surface area contributed by atoms with Gasteiger partial charge < -0.3 is 15.3 Å². The largest absolute Gasteiger partial charge is 0.394 e. The molecule has 1 amide bonds. The first-order chi connectivity index (χ1) is 9.01. The number of hydrogen-bond acceptors (Lipinski definition) is 3. The average molecular weight is 264 g/mol. The van der Waals surface area contributed by atoms with E-state index in [0.29, 0.717) is 5.56 Å². The molecule has 0 radical (unpaired) electrons. The predicted molar refractivity (Wildman–Crippen MR) is 78.6 cm³/mol. The summed E-state index contributed by atoms with van der Waals surface area (Å²) in [5.41, 5.74) is 2.67. The van der Waals surface area contributed by atoms with Gasteiger partial charge in [0.05, 0.1) is 12.6 Å². The van der Waals surface area contributed by atoms with Crippen molar-refractivity contribution in [2.24, 2.45) is 0 Å². The van der Waals surface area contributed by atoms with Gasteiger partial charge in [-0.2, -0.15) is 0 Å². The van der Waals surface area contributed by atoms with Gasteiger partial charge >= 0.3 is 0 Å². The number of rotatable bonds is 6. The monoisotopic (exact) mass is 264 g/mol. The first-order valence-corrected chi connectivity index (χ1v) is 6.73. The molecule has 4 heteroatoms. The van der Waals surface area contributed by atoms with Crippen LogP contribution in [0, 0.1) is 6.92 Å². The number of carbonyl (C=O) groups excluding carboxylic acids is 1. The topological polar surface area (TPSA) is 52.6 Å². The van der Waals surface area contributed by atoms with Crippen LogP contribution in [0.1, 0.15) is 36.2 Å². The third-order valence-corrected chi connectivity index (χ3v) is 3.28. The molecule has 4 nitrogen and oxygen atoms in total. The fourth-order valence-corrected chi connectivity index (χ4v) is 1.80. The van der Waals surface area contributed by atoms with E-state index < -0.39 is 0 Å². The molecule has 0 aliphatic heterocycles. The summed E-state index contributed by atoms with van der Waals surface area (Å²) in [6, 6.07) is 5.58. The molecule has 0 heterocycles. The maximum Gasteiger partial charge on any atom is 0.254 e. The van der Waals surface area contributed by atoms with Crippen LogP contribution in [0.4, 0.5) is 5.69 Å². The number of hydrogen-bond donors (Lipinski definition) is 2. The van der Waals surface area contributed by atoms with Crippen molar-refractivity contribution < 1.29 is 9.90 Å². The van der Waals surface area contributed by atoms with Crippen LogP contribution in [-0.4, -0.2) is 42.2 Å². The quantitative estimate of drug-likeness (QED) is 0.828. The summed E-state index contributed by atoms with van der Waals surface area (Å²) in [6.07, 6.45) is 1.07. The Labute approximate surface area is 115 Å². The molecule has 106 valence electrons. The minimum atomic E-state index is -0.176. The Hall–Kier alpha value is -1.55. The molecule has 1 aromatic rings. The SMILES string of the molecule is CCCNc1ccc(C(=O)N(C)C(C)CO)c(C)c1. The lowest BCUT2D eigenvalue weighted by molar-refractivity contribution is 0.0681. The van der Waals surface area contributed by atoms with Crippen molar-refractivity contribution in [2.75, 3.05) is 25.5 Å². The van der Waals surface area contributed by atoms with Crippen LogP contribution < -0.4 is 5.32 Å². The van der Waals surface area contributed by atoms with Crippen molar-refractivity contribution in [3.63, 3.8) is 0 Å². The maximum absolute atomic E-state index is 12.3. The van der Waals surface area contributed by atoms with Crippen LogP contribution in [0.3, 0.4) is 0 Å². The fraction of sp³-hybridized carbons (Fsp3) is 0.533. The number of likely N-dealkylation sites (N-methyl/N-ethyl adjacent to an activating group) is 1. The summed E-state index contributed by atoms with van der Waals surface area (Å²) in [4.78, 5) is 13.9. The van der Waals surface area contributed by atoms with Crippen molar-refractivity contribution >= 4 is 11.6 Å². The molecule has 0 aliphatic rings. The normalized spacial score (nSPS) is 12.1. The van der Waals surface area contributed by atoms with E-state index in [9.17, 15) is 4.79 Å². The zero-order valence-corrected chi connectivity index (χ0v) is 12.2. The summed E-state index contributed by atoms with van der Waals surface area (Å²) >= 11 is 0. The molecule has 0 bridgehead atoms. The Bertz CT molecular complexity index is 432. The molecule has 0 aromatic heterocycles. The van der Waals surface area contributed by atoms with E-state index >= 15 is 0 Å². The van der Waals surface area contributed by atoms with Crippen LogP contribution in [0.5, 0.6) is 0 Å². The summed E-state index contributed by atoms with van der Waals surface area (Å²) in [6.45, 7) is 6.76. The number of benzene rings is 1. The molecule has 0 saturated heterocycles. The highest BCUT2D eigenvalue weighted by Gasteiger charge is 2.18. The molecule has 1 rings (SSSR count). The van der Waals surface area contributed by atoms with E-state index in [2.05, 4.69) is 12.2 Å². The minimum Gasteiger partial charge on any atom is -0.394 e. The lowest BCUT2D eigenvalue weighted by Crippen LogP contribution is -2.37. The molecule has 0 aliphatic carbocycles. The van der Waals surface area contributed by atoms with E-state index in [4.69, 9.17) is 5.11 Å². The van der Waals surface area contributed by atoms with Crippen molar-refractivity contribution in [1.29, 1.82) is 0 Å². The predicted octanol–water partition coefficient (Wildman–Crippen LogP) is 2.27. The number of carbonyl (C=O) groups is 1. The van der Waals surface area contributed by atoms with E-state index in [1.54, 1.807) is 11.9 Å². The van der Waals surface area contributed by atoms with Gasteiger partial charge in [-0.25, -0.2) is 0 Å². The van der Waals surface area contributed by atoms with Gasteiger partial charge in [-0.3, -0.25) is 4.79 Å². The van der Waals surface area contributed by atoms with Gasteiger partial charge in [-0.05, 0) is 44.0 Å². The summed E-state index contributed by atoms with van der Waals surface area (Å²) < 4.78 is 0. The molecule has 19 heavy (non-hydrogen) atoms. The number of aliphatic hydroxyl groups is 1. The molecule has 0 saturated carbocycles. The van der Waals surface area contributed by atoms with Crippen LogP contribution in [-0.2, 0) is 0 Å². The smallest absolute Gasteiger partial charge is 0.254 e. The Kier molecular flexibility index (Phi) is 5.83. The standard InChI is InChI=1S/C15H24N2O2/c1-5-8-16-13-6-7-14(11(2)9-13)15(19)17(4)12(3)10-18/h6-7,9,12,16,18H,5,8,10H2,1-4H3. The van der Waals surface area contributed by atoms with E-state index in [-0.39, 0.29) is 18.6 Å². The van der Waals surface area contributed by atoms with Gasteiger partial charge in [-0.1, -0.05) is 6.92 Å². The number of aliphatic hydroxyl groups excluding tert-OH is 1. The Balaban J connectivity index is 2.87. The minimum absolute atomic E-state index is 0.0303. The van der Waals surface area contributed by atoms with Gasteiger partial charge in [-0.15, -0.1) is 0 Å². The Morgan fingerprint density at radius 2 is 2.16 bits per heavy atom. The van der Waals surface area contributed by atoms with Crippen molar-refractivity contribution in [3.8, 4) is 0 Å². The molecule has 0 spiro atoms. The molecule has 0 fully saturated rings. The van der Waals surface area contributed by atoms with Gasteiger partial charge in [0.15, 0.2) is 0 Å². The number of nitrogens with one attached hydrogen (secondary N) is 1. The highest BCUT2D eigenvalue weighted by Crippen LogP contribution is 2.17. The van der Waals surface area contributed by atoms with Crippen LogP contribution in [0.25, 0.3) is 0 Å². The number of anilines is 1.